The van der Waals surface area contributed by atoms with Gasteiger partial charge in [-0.2, -0.15) is 11.3 Å². The topological polar surface area (TPSA) is 30.5 Å². The Balaban J connectivity index is 2.42. The highest BCUT2D eigenvalue weighted by molar-refractivity contribution is 7.08. The second-order valence-corrected chi connectivity index (χ2v) is 5.87. The Morgan fingerprint density at radius 2 is 2.05 bits per heavy atom. The Morgan fingerprint density at radius 1 is 1.24 bits per heavy atom. The molecule has 2 aromatic rings. The number of methoxy groups -OCH3 is 2. The number of rotatable bonds is 7. The molecule has 1 aromatic heterocycles. The van der Waals surface area contributed by atoms with Crippen LogP contribution in [0.25, 0.3) is 0 Å². The lowest BCUT2D eigenvalue weighted by Gasteiger charge is -2.20. The summed E-state index contributed by atoms with van der Waals surface area (Å²) in [4.78, 5) is 0. The molecule has 0 aliphatic rings. The summed E-state index contributed by atoms with van der Waals surface area (Å²) in [6.07, 6.45) is 1.07. The summed E-state index contributed by atoms with van der Waals surface area (Å²) in [5, 5.41) is 8.35. The smallest absolute Gasteiger partial charge is 0.179 e. The molecule has 0 saturated carbocycles. The van der Waals surface area contributed by atoms with Gasteiger partial charge in [-0.05, 0) is 53.1 Å². The maximum atomic E-state index is 6.32. The van der Waals surface area contributed by atoms with Crippen molar-refractivity contribution in [3.8, 4) is 11.5 Å². The van der Waals surface area contributed by atoms with Crippen LogP contribution in [0.4, 0.5) is 0 Å². The highest BCUT2D eigenvalue weighted by Crippen LogP contribution is 2.39. The summed E-state index contributed by atoms with van der Waals surface area (Å²) in [6.45, 7) is 3.09. The number of ether oxygens (including phenoxy) is 2. The largest absolute Gasteiger partial charge is 0.493 e. The van der Waals surface area contributed by atoms with Gasteiger partial charge in [-0.15, -0.1) is 0 Å². The standard InChI is InChI=1S/C16H20ClNO2S/c1-4-6-18-15(11-5-7-21-10-11)12-8-13(17)16(20-3)14(9-12)19-2/h5,7-10,15,18H,4,6H2,1-3H3. The Labute approximate surface area is 134 Å². The molecule has 1 N–H and O–H groups in total. The highest BCUT2D eigenvalue weighted by atomic mass is 35.5. The first kappa shape index (κ1) is 16.1. The molecular weight excluding hydrogens is 306 g/mol. The number of thiophene rings is 1. The predicted molar refractivity (Wildman–Crippen MR) is 89.0 cm³/mol. The zero-order valence-corrected chi connectivity index (χ0v) is 14.1. The Bertz CT molecular complexity index is 572. The van der Waals surface area contributed by atoms with E-state index in [1.54, 1.807) is 25.6 Å². The molecule has 0 aliphatic heterocycles. The first-order valence-corrected chi connectivity index (χ1v) is 8.20. The van der Waals surface area contributed by atoms with Crippen LogP contribution < -0.4 is 14.8 Å². The molecule has 0 saturated heterocycles. The van der Waals surface area contributed by atoms with Gasteiger partial charge in [0.05, 0.1) is 25.3 Å². The maximum absolute atomic E-state index is 6.32. The predicted octanol–water partition coefficient (Wildman–Crippen LogP) is 4.51. The van der Waals surface area contributed by atoms with Gasteiger partial charge in [-0.3, -0.25) is 0 Å². The summed E-state index contributed by atoms with van der Waals surface area (Å²) < 4.78 is 10.7. The molecule has 114 valence electrons. The molecule has 5 heteroatoms. The second kappa shape index (κ2) is 7.69. The van der Waals surface area contributed by atoms with Gasteiger partial charge in [0.25, 0.3) is 0 Å². The van der Waals surface area contributed by atoms with E-state index in [4.69, 9.17) is 21.1 Å². The van der Waals surface area contributed by atoms with E-state index >= 15 is 0 Å². The number of halogens is 1. The Kier molecular flexibility index (Phi) is 5.91. The monoisotopic (exact) mass is 325 g/mol. The lowest BCUT2D eigenvalue weighted by Crippen LogP contribution is -2.22. The van der Waals surface area contributed by atoms with Gasteiger partial charge in [0.2, 0.25) is 0 Å². The van der Waals surface area contributed by atoms with Crippen molar-refractivity contribution >= 4 is 22.9 Å². The van der Waals surface area contributed by atoms with E-state index in [0.29, 0.717) is 16.5 Å². The summed E-state index contributed by atoms with van der Waals surface area (Å²) in [7, 11) is 3.21. The van der Waals surface area contributed by atoms with Crippen LogP contribution in [0, 0.1) is 0 Å². The molecule has 0 aliphatic carbocycles. The number of benzene rings is 1. The fourth-order valence-corrected chi connectivity index (χ4v) is 3.24. The maximum Gasteiger partial charge on any atom is 0.179 e. The minimum atomic E-state index is 0.105. The summed E-state index contributed by atoms with van der Waals surface area (Å²) in [5.74, 6) is 1.22. The minimum absolute atomic E-state index is 0.105. The molecule has 1 aromatic carbocycles. The van der Waals surface area contributed by atoms with E-state index in [0.717, 1.165) is 18.5 Å². The van der Waals surface area contributed by atoms with Gasteiger partial charge in [0.15, 0.2) is 11.5 Å². The summed E-state index contributed by atoms with van der Waals surface area (Å²) in [5.41, 5.74) is 2.31. The van der Waals surface area contributed by atoms with Crippen LogP contribution in [-0.2, 0) is 0 Å². The molecule has 1 unspecified atom stereocenters. The molecule has 2 rings (SSSR count). The van der Waals surface area contributed by atoms with Crippen LogP contribution in [0.2, 0.25) is 5.02 Å². The SMILES string of the molecule is CCCNC(c1ccsc1)c1cc(Cl)c(OC)c(OC)c1. The molecule has 0 radical (unpaired) electrons. The first-order valence-electron chi connectivity index (χ1n) is 6.88. The molecule has 21 heavy (non-hydrogen) atoms. The van der Waals surface area contributed by atoms with Crippen LogP contribution in [0.15, 0.2) is 29.0 Å². The zero-order chi connectivity index (χ0) is 15.2. The minimum Gasteiger partial charge on any atom is -0.493 e. The van der Waals surface area contributed by atoms with Gasteiger partial charge in [-0.1, -0.05) is 18.5 Å². The van der Waals surface area contributed by atoms with Gasteiger partial charge < -0.3 is 14.8 Å². The van der Waals surface area contributed by atoms with Gasteiger partial charge >= 0.3 is 0 Å². The number of hydrogen-bond donors (Lipinski definition) is 1. The number of nitrogens with one attached hydrogen (secondary N) is 1. The lowest BCUT2D eigenvalue weighted by atomic mass is 10.0. The molecule has 0 fully saturated rings. The van der Waals surface area contributed by atoms with Gasteiger partial charge in [0, 0.05) is 0 Å². The second-order valence-electron chi connectivity index (χ2n) is 4.68. The van der Waals surface area contributed by atoms with Crippen LogP contribution >= 0.6 is 22.9 Å². The van der Waals surface area contributed by atoms with Crippen molar-refractivity contribution < 1.29 is 9.47 Å². The van der Waals surface area contributed by atoms with E-state index in [9.17, 15) is 0 Å². The summed E-state index contributed by atoms with van der Waals surface area (Å²) in [6, 6.07) is 6.15. The molecular formula is C16H20ClNO2S. The zero-order valence-electron chi connectivity index (χ0n) is 12.5. The van der Waals surface area contributed by atoms with E-state index in [-0.39, 0.29) is 6.04 Å². The van der Waals surface area contributed by atoms with Crippen LogP contribution in [0.3, 0.4) is 0 Å². The molecule has 0 amide bonds. The van der Waals surface area contributed by atoms with E-state index < -0.39 is 0 Å². The van der Waals surface area contributed by atoms with E-state index in [2.05, 4.69) is 29.1 Å². The van der Waals surface area contributed by atoms with Crippen molar-refractivity contribution in [2.45, 2.75) is 19.4 Å². The van der Waals surface area contributed by atoms with Crippen molar-refractivity contribution in [1.29, 1.82) is 0 Å². The fraction of sp³-hybridized carbons (Fsp3) is 0.375. The fourth-order valence-electron chi connectivity index (χ4n) is 2.26. The van der Waals surface area contributed by atoms with Crippen LogP contribution in [-0.4, -0.2) is 20.8 Å². The Morgan fingerprint density at radius 3 is 2.62 bits per heavy atom. The van der Waals surface area contributed by atoms with Crippen molar-refractivity contribution in [1.82, 2.24) is 5.32 Å². The summed E-state index contributed by atoms with van der Waals surface area (Å²) >= 11 is 8.01. The van der Waals surface area contributed by atoms with Crippen LogP contribution in [0.5, 0.6) is 11.5 Å². The van der Waals surface area contributed by atoms with E-state index in [1.807, 2.05) is 12.1 Å². The molecule has 3 nitrogen and oxygen atoms in total. The van der Waals surface area contributed by atoms with Gasteiger partial charge in [0.1, 0.15) is 0 Å². The molecule has 1 atom stereocenters. The highest BCUT2D eigenvalue weighted by Gasteiger charge is 2.18. The molecule has 0 bridgehead atoms. The lowest BCUT2D eigenvalue weighted by molar-refractivity contribution is 0.354. The average molecular weight is 326 g/mol. The third kappa shape index (κ3) is 3.70. The molecule has 1 heterocycles. The first-order chi connectivity index (χ1) is 10.2. The van der Waals surface area contributed by atoms with Crippen molar-refractivity contribution in [2.75, 3.05) is 20.8 Å². The average Bonchev–Trinajstić information content (AvgIpc) is 3.01. The quantitative estimate of drug-likeness (QED) is 0.812. The van der Waals surface area contributed by atoms with Gasteiger partial charge in [-0.25, -0.2) is 0 Å². The third-order valence-corrected chi connectivity index (χ3v) is 4.25. The van der Waals surface area contributed by atoms with E-state index in [1.165, 1.54) is 5.56 Å². The van der Waals surface area contributed by atoms with Crippen LogP contribution in [0.1, 0.15) is 30.5 Å². The van der Waals surface area contributed by atoms with Crippen molar-refractivity contribution in [2.24, 2.45) is 0 Å². The third-order valence-electron chi connectivity index (χ3n) is 3.26. The normalized spacial score (nSPS) is 12.2. The molecule has 0 spiro atoms. The Hall–Kier alpha value is -1.23. The van der Waals surface area contributed by atoms with Crippen molar-refractivity contribution in [3.05, 3.63) is 45.1 Å². The van der Waals surface area contributed by atoms with Crippen molar-refractivity contribution in [3.63, 3.8) is 0 Å². The number of hydrogen-bond acceptors (Lipinski definition) is 4.